The van der Waals surface area contributed by atoms with Crippen molar-refractivity contribution in [3.05, 3.63) is 40.9 Å². The maximum atomic E-state index is 12.4. The third-order valence-electron chi connectivity index (χ3n) is 4.04. The summed E-state index contributed by atoms with van der Waals surface area (Å²) in [7, 11) is -3.57. The van der Waals surface area contributed by atoms with Crippen LogP contribution in [0.15, 0.2) is 34.5 Å². The second-order valence-corrected chi connectivity index (χ2v) is 8.80. The predicted molar refractivity (Wildman–Crippen MR) is 91.8 cm³/mol. The van der Waals surface area contributed by atoms with Gasteiger partial charge in [0.1, 0.15) is 0 Å². The molecule has 1 amide bonds. The van der Waals surface area contributed by atoms with Gasteiger partial charge in [0.25, 0.3) is 5.91 Å². The quantitative estimate of drug-likeness (QED) is 0.826. The Balaban J connectivity index is 1.50. The number of hydrogen-bond donors (Lipinski definition) is 2. The van der Waals surface area contributed by atoms with Gasteiger partial charge in [-0.25, -0.2) is 18.1 Å². The van der Waals surface area contributed by atoms with Crippen LogP contribution >= 0.6 is 11.3 Å². The number of sulfonamides is 1. The molecule has 2 fully saturated rings. The zero-order valence-corrected chi connectivity index (χ0v) is 14.5. The van der Waals surface area contributed by atoms with Crippen LogP contribution in [0.5, 0.6) is 0 Å². The smallest absolute Gasteiger partial charge is 0.257 e. The van der Waals surface area contributed by atoms with E-state index in [2.05, 4.69) is 15.0 Å². The third kappa shape index (κ3) is 3.50. The van der Waals surface area contributed by atoms with Crippen molar-refractivity contribution in [3.8, 4) is 0 Å². The number of nitrogens with zero attached hydrogens (tertiary/aromatic N) is 1. The van der Waals surface area contributed by atoms with Gasteiger partial charge in [0.2, 0.25) is 10.0 Å². The largest absolute Gasteiger partial charge is 0.298 e. The molecule has 0 radical (unpaired) electrons. The minimum atomic E-state index is -3.57. The zero-order valence-electron chi connectivity index (χ0n) is 12.9. The Bertz CT molecular complexity index is 883. The number of benzene rings is 1. The summed E-state index contributed by atoms with van der Waals surface area (Å²) >= 11 is 1.39. The summed E-state index contributed by atoms with van der Waals surface area (Å²) < 4.78 is 27.1. The highest BCUT2D eigenvalue weighted by molar-refractivity contribution is 7.89. The van der Waals surface area contributed by atoms with Crippen molar-refractivity contribution >= 4 is 32.4 Å². The van der Waals surface area contributed by atoms with Gasteiger partial charge in [0, 0.05) is 22.9 Å². The molecule has 2 aromatic rings. The lowest BCUT2D eigenvalue weighted by molar-refractivity contribution is 0.102. The Morgan fingerprint density at radius 3 is 2.71 bits per heavy atom. The Labute approximate surface area is 144 Å². The fourth-order valence-corrected chi connectivity index (χ4v) is 4.51. The fourth-order valence-electron chi connectivity index (χ4n) is 2.37. The summed E-state index contributed by atoms with van der Waals surface area (Å²) in [4.78, 5) is 16.9. The first-order valence-corrected chi connectivity index (χ1v) is 10.3. The lowest BCUT2D eigenvalue weighted by Crippen LogP contribution is -2.26. The van der Waals surface area contributed by atoms with Crippen LogP contribution in [0.4, 0.5) is 5.13 Å². The minimum absolute atomic E-state index is 0.0312. The van der Waals surface area contributed by atoms with E-state index in [0.29, 0.717) is 16.6 Å². The molecule has 126 valence electrons. The lowest BCUT2D eigenvalue weighted by Gasteiger charge is -2.07. The monoisotopic (exact) mass is 363 g/mol. The summed E-state index contributed by atoms with van der Waals surface area (Å²) in [6.45, 7) is 0. The zero-order chi connectivity index (χ0) is 16.7. The molecular weight excluding hydrogens is 346 g/mol. The molecule has 2 aliphatic rings. The van der Waals surface area contributed by atoms with E-state index in [-0.39, 0.29) is 16.8 Å². The summed E-state index contributed by atoms with van der Waals surface area (Å²) in [5.41, 5.74) is 1.33. The van der Waals surface area contributed by atoms with Gasteiger partial charge in [0.05, 0.1) is 10.6 Å². The van der Waals surface area contributed by atoms with E-state index in [9.17, 15) is 13.2 Å². The van der Waals surface area contributed by atoms with Crippen LogP contribution in [0.1, 0.15) is 47.7 Å². The molecule has 1 aromatic carbocycles. The molecule has 0 atom stereocenters. The highest BCUT2D eigenvalue weighted by atomic mass is 32.2. The van der Waals surface area contributed by atoms with Crippen molar-refractivity contribution in [1.82, 2.24) is 9.71 Å². The molecule has 1 aromatic heterocycles. The Kier molecular flexibility index (Phi) is 3.90. The van der Waals surface area contributed by atoms with Crippen molar-refractivity contribution < 1.29 is 13.2 Å². The lowest BCUT2D eigenvalue weighted by atomic mass is 10.2. The maximum absolute atomic E-state index is 12.4. The molecule has 1 heterocycles. The van der Waals surface area contributed by atoms with Crippen LogP contribution in [-0.4, -0.2) is 25.4 Å². The summed E-state index contributed by atoms with van der Waals surface area (Å²) in [6, 6.07) is 6.10. The number of hydrogen-bond acceptors (Lipinski definition) is 5. The van der Waals surface area contributed by atoms with E-state index < -0.39 is 10.0 Å². The van der Waals surface area contributed by atoms with Gasteiger partial charge in [-0.15, -0.1) is 11.3 Å². The highest BCUT2D eigenvalue weighted by Gasteiger charge is 2.28. The highest BCUT2D eigenvalue weighted by Crippen LogP contribution is 2.40. The van der Waals surface area contributed by atoms with Crippen LogP contribution in [0.25, 0.3) is 0 Å². The molecular formula is C16H17N3O3S2. The second kappa shape index (κ2) is 5.94. The molecule has 0 unspecified atom stereocenters. The first-order valence-electron chi connectivity index (χ1n) is 7.90. The minimum Gasteiger partial charge on any atom is -0.298 e. The van der Waals surface area contributed by atoms with Gasteiger partial charge in [-0.2, -0.15) is 0 Å². The van der Waals surface area contributed by atoms with Crippen LogP contribution in [0.3, 0.4) is 0 Å². The van der Waals surface area contributed by atoms with Crippen molar-refractivity contribution in [2.45, 2.75) is 42.5 Å². The molecule has 0 saturated heterocycles. The summed E-state index contributed by atoms with van der Waals surface area (Å²) in [5.74, 6) is 0.184. The standard InChI is InChI=1S/C16H17N3O3S2/c20-15(18-16-17-14(9-23-16)10-4-5-10)11-2-1-3-13(8-11)24(21,22)19-12-6-7-12/h1-3,8-10,12,19H,4-7H2,(H,17,18,20). The molecule has 6 nitrogen and oxygen atoms in total. The van der Waals surface area contributed by atoms with Gasteiger partial charge in [-0.1, -0.05) is 6.07 Å². The molecule has 4 rings (SSSR count). The molecule has 0 spiro atoms. The number of anilines is 1. The number of amides is 1. The topological polar surface area (TPSA) is 88.2 Å². The number of carbonyl (C=O) groups is 1. The van der Waals surface area contributed by atoms with Crippen LogP contribution in [-0.2, 0) is 10.0 Å². The van der Waals surface area contributed by atoms with Gasteiger partial charge >= 0.3 is 0 Å². The van der Waals surface area contributed by atoms with Crippen molar-refractivity contribution in [3.63, 3.8) is 0 Å². The maximum Gasteiger partial charge on any atom is 0.257 e. The summed E-state index contributed by atoms with van der Waals surface area (Å²) in [5, 5.41) is 5.26. The average Bonchev–Trinajstić information content (AvgIpc) is 3.49. The Morgan fingerprint density at radius 1 is 1.21 bits per heavy atom. The van der Waals surface area contributed by atoms with Crippen molar-refractivity contribution in [1.29, 1.82) is 0 Å². The predicted octanol–water partition coefficient (Wildman–Crippen LogP) is 2.71. The molecule has 24 heavy (non-hydrogen) atoms. The number of nitrogens with one attached hydrogen (secondary N) is 2. The van der Waals surface area contributed by atoms with Crippen molar-refractivity contribution in [2.75, 3.05) is 5.32 Å². The van der Waals surface area contributed by atoms with E-state index in [1.54, 1.807) is 12.1 Å². The number of aromatic nitrogens is 1. The average molecular weight is 363 g/mol. The van der Waals surface area contributed by atoms with E-state index in [1.165, 1.54) is 23.5 Å². The van der Waals surface area contributed by atoms with Gasteiger partial charge in [0.15, 0.2) is 5.13 Å². The van der Waals surface area contributed by atoms with E-state index in [4.69, 9.17) is 0 Å². The molecule has 2 saturated carbocycles. The van der Waals surface area contributed by atoms with Gasteiger partial charge in [-0.3, -0.25) is 10.1 Å². The molecule has 0 bridgehead atoms. The Morgan fingerprint density at radius 2 is 2.00 bits per heavy atom. The van der Waals surface area contributed by atoms with E-state index in [0.717, 1.165) is 31.4 Å². The number of carbonyl (C=O) groups excluding carboxylic acids is 1. The second-order valence-electron chi connectivity index (χ2n) is 6.23. The van der Waals surface area contributed by atoms with Crippen LogP contribution < -0.4 is 10.0 Å². The number of thiazole rings is 1. The Hall–Kier alpha value is -1.77. The van der Waals surface area contributed by atoms with Gasteiger partial charge in [-0.05, 0) is 43.9 Å². The molecule has 2 aliphatic carbocycles. The van der Waals surface area contributed by atoms with E-state index in [1.807, 2.05) is 5.38 Å². The molecule has 0 aliphatic heterocycles. The fraction of sp³-hybridized carbons (Fsp3) is 0.375. The number of rotatable bonds is 6. The first-order chi connectivity index (χ1) is 11.5. The summed E-state index contributed by atoms with van der Waals surface area (Å²) in [6.07, 6.45) is 4.05. The molecule has 2 N–H and O–H groups in total. The first kappa shape index (κ1) is 15.7. The van der Waals surface area contributed by atoms with Crippen LogP contribution in [0, 0.1) is 0 Å². The normalized spacial score (nSPS) is 17.7. The van der Waals surface area contributed by atoms with Crippen molar-refractivity contribution in [2.24, 2.45) is 0 Å². The van der Waals surface area contributed by atoms with Gasteiger partial charge < -0.3 is 0 Å². The SMILES string of the molecule is O=C(Nc1nc(C2CC2)cs1)c1cccc(S(=O)(=O)NC2CC2)c1. The van der Waals surface area contributed by atoms with Crippen LogP contribution in [0.2, 0.25) is 0 Å². The van der Waals surface area contributed by atoms with E-state index >= 15 is 0 Å². The third-order valence-corrected chi connectivity index (χ3v) is 6.34. The molecule has 8 heteroatoms.